The summed E-state index contributed by atoms with van der Waals surface area (Å²) in [5.74, 6) is 2.33. The Balaban J connectivity index is 2.11. The molecule has 0 saturated carbocycles. The molecule has 1 heterocycles. The standard InChI is InChI=1S/C13H17NS/c1-10(2)7-14-13-9-15-8-11-5-3-4-6-12(11)13/h3-6,13-14H,1,7-9H2,2H3. The molecule has 0 amide bonds. The SMILES string of the molecule is C=C(C)CNC1CSCc2ccccc21. The van der Waals surface area contributed by atoms with Crippen molar-refractivity contribution in [3.8, 4) is 0 Å². The van der Waals surface area contributed by atoms with Crippen LogP contribution >= 0.6 is 11.8 Å². The van der Waals surface area contributed by atoms with E-state index in [2.05, 4.69) is 43.1 Å². The van der Waals surface area contributed by atoms with Gasteiger partial charge in [0.15, 0.2) is 0 Å². The second-order valence-electron chi connectivity index (χ2n) is 4.10. The maximum absolute atomic E-state index is 3.93. The van der Waals surface area contributed by atoms with Gasteiger partial charge in [0.2, 0.25) is 0 Å². The summed E-state index contributed by atoms with van der Waals surface area (Å²) in [7, 11) is 0. The van der Waals surface area contributed by atoms with Crippen molar-refractivity contribution in [2.45, 2.75) is 18.7 Å². The van der Waals surface area contributed by atoms with Crippen LogP contribution in [0.15, 0.2) is 36.4 Å². The lowest BCUT2D eigenvalue weighted by Gasteiger charge is -2.26. The first-order chi connectivity index (χ1) is 7.27. The number of thioether (sulfide) groups is 1. The van der Waals surface area contributed by atoms with Crippen LogP contribution in [0.25, 0.3) is 0 Å². The number of rotatable bonds is 3. The van der Waals surface area contributed by atoms with Crippen LogP contribution in [0.5, 0.6) is 0 Å². The lowest BCUT2D eigenvalue weighted by atomic mass is 10.0. The van der Waals surface area contributed by atoms with E-state index in [0.717, 1.165) is 12.3 Å². The largest absolute Gasteiger partial charge is 0.305 e. The minimum Gasteiger partial charge on any atom is -0.305 e. The van der Waals surface area contributed by atoms with E-state index in [1.54, 1.807) is 0 Å². The van der Waals surface area contributed by atoms with Crippen LogP contribution in [0.4, 0.5) is 0 Å². The average molecular weight is 219 g/mol. The van der Waals surface area contributed by atoms with E-state index in [0.29, 0.717) is 6.04 Å². The van der Waals surface area contributed by atoms with Crippen LogP contribution in [-0.2, 0) is 5.75 Å². The summed E-state index contributed by atoms with van der Waals surface area (Å²) in [6.45, 7) is 6.91. The molecule has 80 valence electrons. The van der Waals surface area contributed by atoms with Crippen LogP contribution < -0.4 is 5.32 Å². The Morgan fingerprint density at radius 1 is 1.53 bits per heavy atom. The predicted molar refractivity (Wildman–Crippen MR) is 68.2 cm³/mol. The van der Waals surface area contributed by atoms with E-state index in [1.807, 2.05) is 11.8 Å². The Morgan fingerprint density at radius 3 is 3.13 bits per heavy atom. The monoisotopic (exact) mass is 219 g/mol. The van der Waals surface area contributed by atoms with Gasteiger partial charge in [-0.1, -0.05) is 36.4 Å². The lowest BCUT2D eigenvalue weighted by Crippen LogP contribution is -2.27. The van der Waals surface area contributed by atoms with E-state index in [1.165, 1.54) is 22.5 Å². The fourth-order valence-electron chi connectivity index (χ4n) is 1.85. The van der Waals surface area contributed by atoms with Crippen LogP contribution in [-0.4, -0.2) is 12.3 Å². The first-order valence-corrected chi connectivity index (χ1v) is 6.46. The normalized spacial score (nSPS) is 19.7. The van der Waals surface area contributed by atoms with Gasteiger partial charge < -0.3 is 5.32 Å². The van der Waals surface area contributed by atoms with Gasteiger partial charge in [0.05, 0.1) is 0 Å². The van der Waals surface area contributed by atoms with Crippen molar-refractivity contribution in [3.63, 3.8) is 0 Å². The van der Waals surface area contributed by atoms with E-state index < -0.39 is 0 Å². The van der Waals surface area contributed by atoms with E-state index in [4.69, 9.17) is 0 Å². The van der Waals surface area contributed by atoms with Gasteiger partial charge in [-0.15, -0.1) is 0 Å². The third-order valence-corrected chi connectivity index (χ3v) is 3.71. The molecule has 0 radical (unpaired) electrons. The highest BCUT2D eigenvalue weighted by Crippen LogP contribution is 2.31. The van der Waals surface area contributed by atoms with Gasteiger partial charge >= 0.3 is 0 Å². The second-order valence-corrected chi connectivity index (χ2v) is 5.13. The number of fused-ring (bicyclic) bond motifs is 1. The topological polar surface area (TPSA) is 12.0 Å². The quantitative estimate of drug-likeness (QED) is 0.784. The van der Waals surface area contributed by atoms with Gasteiger partial charge in [-0.2, -0.15) is 11.8 Å². The van der Waals surface area contributed by atoms with Gasteiger partial charge in [-0.3, -0.25) is 0 Å². The van der Waals surface area contributed by atoms with Crippen molar-refractivity contribution in [2.24, 2.45) is 0 Å². The Kier molecular flexibility index (Phi) is 3.49. The zero-order chi connectivity index (χ0) is 10.7. The summed E-state index contributed by atoms with van der Waals surface area (Å²) in [6.07, 6.45) is 0. The van der Waals surface area contributed by atoms with Crippen LogP contribution in [0.3, 0.4) is 0 Å². The molecule has 0 bridgehead atoms. The van der Waals surface area contributed by atoms with Crippen molar-refractivity contribution in [2.75, 3.05) is 12.3 Å². The van der Waals surface area contributed by atoms with Crippen molar-refractivity contribution in [1.82, 2.24) is 5.32 Å². The van der Waals surface area contributed by atoms with Crippen molar-refractivity contribution < 1.29 is 0 Å². The fraction of sp³-hybridized carbons (Fsp3) is 0.385. The number of benzene rings is 1. The summed E-state index contributed by atoms with van der Waals surface area (Å²) in [4.78, 5) is 0. The molecule has 2 heteroatoms. The minimum atomic E-state index is 0.497. The third kappa shape index (κ3) is 2.64. The molecule has 1 atom stereocenters. The summed E-state index contributed by atoms with van der Waals surface area (Å²) < 4.78 is 0. The molecule has 1 nitrogen and oxygen atoms in total. The second kappa shape index (κ2) is 4.86. The zero-order valence-electron chi connectivity index (χ0n) is 9.12. The molecule has 0 saturated heterocycles. The Morgan fingerprint density at radius 2 is 2.33 bits per heavy atom. The Bertz CT molecular complexity index is 359. The van der Waals surface area contributed by atoms with E-state index in [-0.39, 0.29) is 0 Å². The number of hydrogen-bond acceptors (Lipinski definition) is 2. The Labute approximate surface area is 96.0 Å². The molecule has 1 unspecified atom stereocenters. The van der Waals surface area contributed by atoms with Gasteiger partial charge in [0.1, 0.15) is 0 Å². The summed E-state index contributed by atoms with van der Waals surface area (Å²) in [6, 6.07) is 9.23. The molecule has 2 rings (SSSR count). The van der Waals surface area contributed by atoms with Crippen molar-refractivity contribution >= 4 is 11.8 Å². The van der Waals surface area contributed by atoms with Crippen LogP contribution in [0.2, 0.25) is 0 Å². The molecular formula is C13H17NS. The molecule has 0 aromatic heterocycles. The zero-order valence-corrected chi connectivity index (χ0v) is 9.94. The molecule has 1 N–H and O–H groups in total. The average Bonchev–Trinajstić information content (AvgIpc) is 2.26. The first-order valence-electron chi connectivity index (χ1n) is 5.30. The summed E-state index contributed by atoms with van der Waals surface area (Å²) >= 11 is 2.01. The fourth-order valence-corrected chi connectivity index (χ4v) is 2.98. The highest BCUT2D eigenvalue weighted by Gasteiger charge is 2.18. The predicted octanol–water partition coefficient (Wildman–Crippen LogP) is 3.14. The van der Waals surface area contributed by atoms with Crippen LogP contribution in [0, 0.1) is 0 Å². The van der Waals surface area contributed by atoms with Gasteiger partial charge in [-0.25, -0.2) is 0 Å². The molecule has 1 aromatic rings. The number of nitrogens with one attached hydrogen (secondary N) is 1. The smallest absolute Gasteiger partial charge is 0.0417 e. The molecule has 1 aliphatic rings. The van der Waals surface area contributed by atoms with Crippen molar-refractivity contribution in [1.29, 1.82) is 0 Å². The van der Waals surface area contributed by atoms with Crippen LogP contribution in [0.1, 0.15) is 24.1 Å². The summed E-state index contributed by atoms with van der Waals surface area (Å²) in [5, 5.41) is 3.56. The summed E-state index contributed by atoms with van der Waals surface area (Å²) in [5.41, 5.74) is 4.15. The molecule has 0 aliphatic carbocycles. The molecule has 15 heavy (non-hydrogen) atoms. The minimum absolute atomic E-state index is 0.497. The maximum Gasteiger partial charge on any atom is 0.0417 e. The molecule has 0 fully saturated rings. The highest BCUT2D eigenvalue weighted by atomic mass is 32.2. The van der Waals surface area contributed by atoms with E-state index >= 15 is 0 Å². The lowest BCUT2D eigenvalue weighted by molar-refractivity contribution is 0.607. The maximum atomic E-state index is 3.93. The highest BCUT2D eigenvalue weighted by molar-refractivity contribution is 7.98. The van der Waals surface area contributed by atoms with Gasteiger partial charge in [-0.05, 0) is 18.1 Å². The van der Waals surface area contributed by atoms with Gasteiger partial charge in [0.25, 0.3) is 0 Å². The van der Waals surface area contributed by atoms with Gasteiger partial charge in [0, 0.05) is 24.1 Å². The molecule has 1 aromatic carbocycles. The third-order valence-electron chi connectivity index (χ3n) is 2.62. The molecular weight excluding hydrogens is 202 g/mol. The Hall–Kier alpha value is -0.730. The van der Waals surface area contributed by atoms with E-state index in [9.17, 15) is 0 Å². The molecule has 1 aliphatic heterocycles. The first kappa shape index (κ1) is 10.8. The molecule has 0 spiro atoms. The van der Waals surface area contributed by atoms with Crippen molar-refractivity contribution in [3.05, 3.63) is 47.5 Å². The number of hydrogen-bond donors (Lipinski definition) is 1.